The molecule has 1 aromatic carbocycles. The predicted octanol–water partition coefficient (Wildman–Crippen LogP) is 3.26. The molecule has 0 fully saturated rings. The summed E-state index contributed by atoms with van der Waals surface area (Å²) in [5.74, 6) is 0. The van der Waals surface area contributed by atoms with Gasteiger partial charge in [-0.25, -0.2) is 0 Å². The Morgan fingerprint density at radius 3 is 1.19 bits per heavy atom. The van der Waals surface area contributed by atoms with Crippen LogP contribution in [-0.2, 0) is 16.2 Å². The van der Waals surface area contributed by atoms with Crippen molar-refractivity contribution in [3.8, 4) is 0 Å². The third kappa shape index (κ3) is 4.11. The van der Waals surface area contributed by atoms with E-state index in [1.807, 2.05) is 0 Å². The predicted molar refractivity (Wildman–Crippen MR) is 92.4 cm³/mol. The molecule has 1 rings (SSSR count). The van der Waals surface area contributed by atoms with E-state index in [9.17, 15) is 10.0 Å². The van der Waals surface area contributed by atoms with Crippen LogP contribution in [0.3, 0.4) is 0 Å². The second-order valence-corrected chi connectivity index (χ2v) is 9.11. The fourth-order valence-corrected chi connectivity index (χ4v) is 2.61. The molecule has 0 radical (unpaired) electrons. The standard InChI is InChI=1S/C18H31BO2/c1-16(2,3)12-10-13(17(4,5)6)15(19(20)21)14(11-12)18(7,8)9/h10-11,20-21H,1-9H3. The highest BCUT2D eigenvalue weighted by Crippen LogP contribution is 2.33. The van der Waals surface area contributed by atoms with Gasteiger partial charge in [0.2, 0.25) is 0 Å². The first-order chi connectivity index (χ1) is 9.15. The first-order valence-electron chi connectivity index (χ1n) is 7.71. The summed E-state index contributed by atoms with van der Waals surface area (Å²) in [6.45, 7) is 19.3. The molecule has 0 spiro atoms. The molecule has 0 amide bonds. The summed E-state index contributed by atoms with van der Waals surface area (Å²) < 4.78 is 0. The molecule has 0 aliphatic rings. The van der Waals surface area contributed by atoms with Crippen molar-refractivity contribution in [1.82, 2.24) is 0 Å². The Bertz CT molecular complexity index is 476. The smallest absolute Gasteiger partial charge is 0.423 e. The lowest BCUT2D eigenvalue weighted by molar-refractivity contribution is 0.421. The van der Waals surface area contributed by atoms with Gasteiger partial charge >= 0.3 is 7.12 Å². The van der Waals surface area contributed by atoms with E-state index in [1.54, 1.807) is 0 Å². The molecule has 2 nitrogen and oxygen atoms in total. The third-order valence-electron chi connectivity index (χ3n) is 3.92. The van der Waals surface area contributed by atoms with Gasteiger partial charge in [0.15, 0.2) is 0 Å². The van der Waals surface area contributed by atoms with E-state index in [4.69, 9.17) is 0 Å². The van der Waals surface area contributed by atoms with Crippen molar-refractivity contribution in [2.75, 3.05) is 0 Å². The lowest BCUT2D eigenvalue weighted by Gasteiger charge is -2.33. The summed E-state index contributed by atoms with van der Waals surface area (Å²) in [7, 11) is -1.44. The van der Waals surface area contributed by atoms with E-state index in [2.05, 4.69) is 74.4 Å². The Morgan fingerprint density at radius 1 is 0.667 bits per heavy atom. The topological polar surface area (TPSA) is 40.5 Å². The maximum absolute atomic E-state index is 9.96. The van der Waals surface area contributed by atoms with Gasteiger partial charge < -0.3 is 10.0 Å². The van der Waals surface area contributed by atoms with Gasteiger partial charge in [0.1, 0.15) is 0 Å². The maximum Gasteiger partial charge on any atom is 0.489 e. The van der Waals surface area contributed by atoms with Crippen molar-refractivity contribution in [3.63, 3.8) is 0 Å². The zero-order chi connectivity index (χ0) is 16.8. The number of hydrogen-bond donors (Lipinski definition) is 2. The normalized spacial score (nSPS) is 13.5. The van der Waals surface area contributed by atoms with Crippen LogP contribution >= 0.6 is 0 Å². The Balaban J connectivity index is 3.85. The summed E-state index contributed by atoms with van der Waals surface area (Å²) >= 11 is 0. The molecule has 118 valence electrons. The Labute approximate surface area is 130 Å². The molecule has 0 heterocycles. The molecular weight excluding hydrogens is 259 g/mol. The van der Waals surface area contributed by atoms with Gasteiger partial charge in [-0.05, 0) is 38.4 Å². The average Bonchev–Trinajstić information content (AvgIpc) is 2.23. The van der Waals surface area contributed by atoms with Crippen molar-refractivity contribution in [2.24, 2.45) is 0 Å². The van der Waals surface area contributed by atoms with Crippen molar-refractivity contribution >= 4 is 12.6 Å². The highest BCUT2D eigenvalue weighted by molar-refractivity contribution is 6.60. The first-order valence-corrected chi connectivity index (χ1v) is 7.71. The molecule has 0 saturated heterocycles. The lowest BCUT2D eigenvalue weighted by Crippen LogP contribution is -2.43. The molecule has 0 aliphatic carbocycles. The molecule has 0 aliphatic heterocycles. The van der Waals surface area contributed by atoms with Crippen LogP contribution in [0.1, 0.15) is 79.0 Å². The molecule has 21 heavy (non-hydrogen) atoms. The molecule has 0 unspecified atom stereocenters. The van der Waals surface area contributed by atoms with Gasteiger partial charge in [0.25, 0.3) is 0 Å². The van der Waals surface area contributed by atoms with Crippen LogP contribution < -0.4 is 5.46 Å². The summed E-state index contributed by atoms with van der Waals surface area (Å²) in [4.78, 5) is 0. The molecule has 0 aromatic heterocycles. The van der Waals surface area contributed by atoms with Crippen LogP contribution in [0.2, 0.25) is 0 Å². The van der Waals surface area contributed by atoms with Crippen LogP contribution in [-0.4, -0.2) is 17.2 Å². The van der Waals surface area contributed by atoms with Crippen LogP contribution in [0, 0.1) is 0 Å². The van der Waals surface area contributed by atoms with Crippen LogP contribution in [0.25, 0.3) is 0 Å². The van der Waals surface area contributed by atoms with Gasteiger partial charge in [-0.15, -0.1) is 0 Å². The van der Waals surface area contributed by atoms with E-state index in [0.29, 0.717) is 5.46 Å². The van der Waals surface area contributed by atoms with E-state index in [0.717, 1.165) is 11.1 Å². The Kier molecular flexibility index (Phi) is 4.73. The fraction of sp³-hybridized carbons (Fsp3) is 0.667. The first kappa shape index (κ1) is 18.3. The van der Waals surface area contributed by atoms with Gasteiger partial charge in [0, 0.05) is 0 Å². The van der Waals surface area contributed by atoms with E-state index in [-0.39, 0.29) is 16.2 Å². The summed E-state index contributed by atoms with van der Waals surface area (Å²) in [6, 6.07) is 4.29. The van der Waals surface area contributed by atoms with Crippen molar-refractivity contribution in [2.45, 2.75) is 78.6 Å². The molecule has 0 atom stereocenters. The van der Waals surface area contributed by atoms with E-state index in [1.165, 1.54) is 5.56 Å². The van der Waals surface area contributed by atoms with Crippen molar-refractivity contribution < 1.29 is 10.0 Å². The van der Waals surface area contributed by atoms with Gasteiger partial charge in [-0.3, -0.25) is 0 Å². The highest BCUT2D eigenvalue weighted by Gasteiger charge is 2.33. The maximum atomic E-state index is 9.96. The molecular formula is C18H31BO2. The summed E-state index contributed by atoms with van der Waals surface area (Å²) in [6.07, 6.45) is 0. The SMILES string of the molecule is CC(C)(C)c1cc(C(C)(C)C)c(B(O)O)c(C(C)(C)C)c1. The number of benzene rings is 1. The largest absolute Gasteiger partial charge is 0.489 e. The molecule has 2 N–H and O–H groups in total. The minimum atomic E-state index is -1.44. The van der Waals surface area contributed by atoms with E-state index >= 15 is 0 Å². The third-order valence-corrected chi connectivity index (χ3v) is 3.92. The van der Waals surface area contributed by atoms with Crippen LogP contribution in [0.4, 0.5) is 0 Å². The second-order valence-electron chi connectivity index (χ2n) is 9.11. The Morgan fingerprint density at radius 2 is 1.00 bits per heavy atom. The monoisotopic (exact) mass is 290 g/mol. The summed E-state index contributed by atoms with van der Waals surface area (Å²) in [5, 5.41) is 19.9. The number of hydrogen-bond acceptors (Lipinski definition) is 2. The highest BCUT2D eigenvalue weighted by atomic mass is 16.4. The van der Waals surface area contributed by atoms with Crippen LogP contribution in [0.15, 0.2) is 12.1 Å². The molecule has 0 saturated carbocycles. The second kappa shape index (κ2) is 5.44. The minimum absolute atomic E-state index is 0.0267. The van der Waals surface area contributed by atoms with Gasteiger partial charge in [-0.1, -0.05) is 74.4 Å². The van der Waals surface area contributed by atoms with Gasteiger partial charge in [0.05, 0.1) is 0 Å². The molecule has 1 aromatic rings. The zero-order valence-electron chi connectivity index (χ0n) is 15.1. The Hall–Kier alpha value is -0.795. The van der Waals surface area contributed by atoms with Crippen LogP contribution in [0.5, 0.6) is 0 Å². The zero-order valence-corrected chi connectivity index (χ0v) is 15.1. The lowest BCUT2D eigenvalue weighted by atomic mass is 9.62. The molecule has 3 heteroatoms. The minimum Gasteiger partial charge on any atom is -0.423 e. The molecule has 0 bridgehead atoms. The van der Waals surface area contributed by atoms with Gasteiger partial charge in [-0.2, -0.15) is 0 Å². The average molecular weight is 290 g/mol. The van der Waals surface area contributed by atoms with E-state index < -0.39 is 7.12 Å². The van der Waals surface area contributed by atoms with Crippen molar-refractivity contribution in [3.05, 3.63) is 28.8 Å². The number of rotatable bonds is 1. The fourth-order valence-electron chi connectivity index (χ4n) is 2.61. The quantitative estimate of drug-likeness (QED) is 0.779. The van der Waals surface area contributed by atoms with Crippen molar-refractivity contribution in [1.29, 1.82) is 0 Å². The summed E-state index contributed by atoms with van der Waals surface area (Å²) in [5.41, 5.74) is 3.70.